The van der Waals surface area contributed by atoms with E-state index in [0.29, 0.717) is 5.92 Å². The minimum absolute atomic E-state index is 0.0113. The third kappa shape index (κ3) is 4.53. The zero-order valence-corrected chi connectivity index (χ0v) is 22.6. The maximum absolute atomic E-state index is 14.0. The Morgan fingerprint density at radius 3 is 2.08 bits per heavy atom. The summed E-state index contributed by atoms with van der Waals surface area (Å²) in [5.41, 5.74) is 5.44. The summed E-state index contributed by atoms with van der Waals surface area (Å²) in [7, 11) is 0. The van der Waals surface area contributed by atoms with E-state index < -0.39 is 0 Å². The van der Waals surface area contributed by atoms with Crippen molar-refractivity contribution in [3.05, 3.63) is 83.2 Å². The molecule has 1 amide bonds. The normalized spacial score (nSPS) is 27.7. The predicted octanol–water partition coefficient (Wildman–Crippen LogP) is 7.73. The number of benzene rings is 2. The molecule has 4 aliphatic rings. The fourth-order valence-electron chi connectivity index (χ4n) is 8.00. The lowest BCUT2D eigenvalue weighted by Crippen LogP contribution is -2.49. The fraction of sp³-hybridized carbons (Fsp3) is 0.515. The standard InChI is InChI=1S/C33H41N3O/c1-4-22(3)26-11-13-27(14-12-26)30(5-2)34-32(37)29-21-36(28-9-7-6-8-10-28)35-31(29)33-18-23-15-24(19-33)17-25(16-23)20-33/h6-14,21-25,30H,4-5,15-20H2,1-3H3,(H,34,37). The average molecular weight is 496 g/mol. The molecule has 4 saturated carbocycles. The average Bonchev–Trinajstić information content (AvgIpc) is 3.38. The Morgan fingerprint density at radius 2 is 1.51 bits per heavy atom. The topological polar surface area (TPSA) is 46.9 Å². The van der Waals surface area contributed by atoms with Gasteiger partial charge in [0.05, 0.1) is 23.0 Å². The molecule has 4 nitrogen and oxygen atoms in total. The molecule has 1 aromatic heterocycles. The third-order valence-electron chi connectivity index (χ3n) is 9.75. The molecule has 0 saturated heterocycles. The van der Waals surface area contributed by atoms with Crippen molar-refractivity contribution in [2.24, 2.45) is 17.8 Å². The van der Waals surface area contributed by atoms with Gasteiger partial charge in [0.1, 0.15) is 0 Å². The SMILES string of the molecule is CCC(C)c1ccc(C(CC)NC(=O)c2cn(-c3ccccc3)nc2C23CC4CC(CC(C4)C2)C3)cc1. The van der Waals surface area contributed by atoms with Gasteiger partial charge < -0.3 is 5.32 Å². The summed E-state index contributed by atoms with van der Waals surface area (Å²) in [6.45, 7) is 6.65. The summed E-state index contributed by atoms with van der Waals surface area (Å²) in [4.78, 5) is 14.0. The van der Waals surface area contributed by atoms with Gasteiger partial charge >= 0.3 is 0 Å². The van der Waals surface area contributed by atoms with Gasteiger partial charge in [-0.1, -0.05) is 63.2 Å². The van der Waals surface area contributed by atoms with Gasteiger partial charge in [-0.15, -0.1) is 0 Å². The van der Waals surface area contributed by atoms with E-state index in [1.807, 2.05) is 29.1 Å². The van der Waals surface area contributed by atoms with Crippen LogP contribution in [0.2, 0.25) is 0 Å². The predicted molar refractivity (Wildman–Crippen MR) is 149 cm³/mol. The molecule has 1 N–H and O–H groups in total. The van der Waals surface area contributed by atoms with Gasteiger partial charge in [-0.25, -0.2) is 4.68 Å². The largest absolute Gasteiger partial charge is 0.345 e. The van der Waals surface area contributed by atoms with Gasteiger partial charge in [0.15, 0.2) is 0 Å². The molecule has 2 aromatic carbocycles. The third-order valence-corrected chi connectivity index (χ3v) is 9.75. The van der Waals surface area contributed by atoms with Gasteiger partial charge in [0.25, 0.3) is 5.91 Å². The fourth-order valence-corrected chi connectivity index (χ4v) is 8.00. The second-order valence-corrected chi connectivity index (χ2v) is 12.3. The number of amides is 1. The number of hydrogen-bond acceptors (Lipinski definition) is 2. The number of hydrogen-bond donors (Lipinski definition) is 1. The number of aromatic nitrogens is 2. The van der Waals surface area contributed by atoms with Crippen molar-refractivity contribution in [1.29, 1.82) is 0 Å². The van der Waals surface area contributed by atoms with Crippen LogP contribution in [0, 0.1) is 17.8 Å². The van der Waals surface area contributed by atoms with Crippen LogP contribution < -0.4 is 5.32 Å². The molecule has 7 rings (SSSR count). The molecule has 2 unspecified atom stereocenters. The highest BCUT2D eigenvalue weighted by molar-refractivity contribution is 5.96. The zero-order chi connectivity index (χ0) is 25.6. The molecule has 2 atom stereocenters. The summed E-state index contributed by atoms with van der Waals surface area (Å²) >= 11 is 0. The number of carbonyl (C=O) groups is 1. The second kappa shape index (κ2) is 9.78. The molecular weight excluding hydrogens is 454 g/mol. The summed E-state index contributed by atoms with van der Waals surface area (Å²) < 4.78 is 1.95. The molecule has 0 aliphatic heterocycles. The summed E-state index contributed by atoms with van der Waals surface area (Å²) in [5, 5.41) is 8.60. The molecule has 3 aromatic rings. The van der Waals surface area contributed by atoms with Gasteiger partial charge in [0.2, 0.25) is 0 Å². The number of para-hydroxylation sites is 1. The summed E-state index contributed by atoms with van der Waals surface area (Å²) in [5.74, 6) is 2.98. The molecule has 4 bridgehead atoms. The monoisotopic (exact) mass is 495 g/mol. The van der Waals surface area contributed by atoms with Gasteiger partial charge in [-0.05, 0) is 98.3 Å². The Bertz CT molecular complexity index is 1210. The van der Waals surface area contributed by atoms with E-state index in [0.717, 1.165) is 47.5 Å². The van der Waals surface area contributed by atoms with Crippen molar-refractivity contribution in [1.82, 2.24) is 15.1 Å². The highest BCUT2D eigenvalue weighted by Crippen LogP contribution is 2.60. The molecule has 0 spiro atoms. The highest BCUT2D eigenvalue weighted by Gasteiger charge is 2.54. The molecule has 37 heavy (non-hydrogen) atoms. The lowest BCUT2D eigenvalue weighted by molar-refractivity contribution is -0.00771. The molecule has 1 heterocycles. The molecule has 194 valence electrons. The van der Waals surface area contributed by atoms with Crippen molar-refractivity contribution in [3.8, 4) is 5.69 Å². The Balaban J connectivity index is 1.33. The molecule has 4 fully saturated rings. The quantitative estimate of drug-likeness (QED) is 0.347. The Morgan fingerprint density at radius 1 is 0.919 bits per heavy atom. The maximum atomic E-state index is 14.0. The Labute approximate surface area is 221 Å². The van der Waals surface area contributed by atoms with Crippen LogP contribution in [-0.2, 0) is 5.41 Å². The first-order valence-corrected chi connectivity index (χ1v) is 14.5. The van der Waals surface area contributed by atoms with Crippen molar-refractivity contribution < 1.29 is 4.79 Å². The van der Waals surface area contributed by atoms with Crippen LogP contribution in [0.3, 0.4) is 0 Å². The van der Waals surface area contributed by atoms with Crippen molar-refractivity contribution in [3.63, 3.8) is 0 Å². The first-order valence-electron chi connectivity index (χ1n) is 14.5. The van der Waals surface area contributed by atoms with Crippen LogP contribution in [0.25, 0.3) is 5.69 Å². The van der Waals surface area contributed by atoms with Gasteiger partial charge in [-0.3, -0.25) is 4.79 Å². The second-order valence-electron chi connectivity index (χ2n) is 12.3. The van der Waals surface area contributed by atoms with Crippen LogP contribution in [-0.4, -0.2) is 15.7 Å². The van der Waals surface area contributed by atoms with Gasteiger partial charge in [0, 0.05) is 11.6 Å². The first kappa shape index (κ1) is 24.5. The molecule has 0 radical (unpaired) electrons. The minimum Gasteiger partial charge on any atom is -0.345 e. The van der Waals surface area contributed by atoms with E-state index in [4.69, 9.17) is 5.10 Å². The van der Waals surface area contributed by atoms with Crippen LogP contribution >= 0.6 is 0 Å². The van der Waals surface area contributed by atoms with Crippen molar-refractivity contribution >= 4 is 5.91 Å². The van der Waals surface area contributed by atoms with Crippen molar-refractivity contribution in [2.75, 3.05) is 0 Å². The number of nitrogens with one attached hydrogen (secondary N) is 1. The van der Waals surface area contributed by atoms with E-state index in [1.165, 1.54) is 49.7 Å². The van der Waals surface area contributed by atoms with Gasteiger partial charge in [-0.2, -0.15) is 5.10 Å². The summed E-state index contributed by atoms with van der Waals surface area (Å²) in [6.07, 6.45) is 11.7. The molecule has 4 aliphatic carbocycles. The van der Waals surface area contributed by atoms with Crippen LogP contribution in [0.15, 0.2) is 60.8 Å². The summed E-state index contributed by atoms with van der Waals surface area (Å²) in [6, 6.07) is 19.1. The lowest BCUT2D eigenvalue weighted by Gasteiger charge is -2.56. The lowest BCUT2D eigenvalue weighted by atomic mass is 9.48. The number of nitrogens with zero attached hydrogens (tertiary/aromatic N) is 2. The number of rotatable bonds is 8. The van der Waals surface area contributed by atoms with Crippen LogP contribution in [0.5, 0.6) is 0 Å². The van der Waals surface area contributed by atoms with E-state index in [2.05, 4.69) is 62.5 Å². The highest BCUT2D eigenvalue weighted by atomic mass is 16.1. The van der Waals surface area contributed by atoms with E-state index in [-0.39, 0.29) is 17.4 Å². The smallest absolute Gasteiger partial charge is 0.255 e. The van der Waals surface area contributed by atoms with Crippen LogP contribution in [0.1, 0.15) is 111 Å². The maximum Gasteiger partial charge on any atom is 0.255 e. The Hall–Kier alpha value is -2.88. The van der Waals surface area contributed by atoms with Crippen molar-refractivity contribution in [2.45, 2.75) is 89.5 Å². The first-order chi connectivity index (χ1) is 18.0. The molecular formula is C33H41N3O. The van der Waals surface area contributed by atoms with E-state index >= 15 is 0 Å². The van der Waals surface area contributed by atoms with E-state index in [9.17, 15) is 4.79 Å². The minimum atomic E-state index is -0.0113. The van der Waals surface area contributed by atoms with E-state index in [1.54, 1.807) is 0 Å². The zero-order valence-electron chi connectivity index (χ0n) is 22.6. The Kier molecular flexibility index (Phi) is 6.46. The molecule has 4 heteroatoms. The van der Waals surface area contributed by atoms with Crippen LogP contribution in [0.4, 0.5) is 0 Å². The number of carbonyl (C=O) groups excluding carboxylic acids is 1.